The Bertz CT molecular complexity index is 415. The maximum atomic E-state index is 5.67. The van der Waals surface area contributed by atoms with E-state index in [1.807, 2.05) is 19.1 Å². The molecular formula is C9H13ClN4OS. The normalized spacial score (nSPS) is 12.1. The molecule has 0 aliphatic heterocycles. The van der Waals surface area contributed by atoms with Crippen molar-refractivity contribution in [1.29, 1.82) is 0 Å². The minimum absolute atomic E-state index is 0. The Hall–Kier alpha value is -0.980. The van der Waals surface area contributed by atoms with E-state index in [1.54, 1.807) is 0 Å². The van der Waals surface area contributed by atoms with Gasteiger partial charge in [-0.05, 0) is 30.8 Å². The summed E-state index contributed by atoms with van der Waals surface area (Å²) in [5.41, 5.74) is 5.67. The Kier molecular flexibility index (Phi) is 4.85. The van der Waals surface area contributed by atoms with Gasteiger partial charge in [-0.15, -0.1) is 12.4 Å². The van der Waals surface area contributed by atoms with Crippen LogP contribution in [-0.4, -0.2) is 21.2 Å². The smallest absolute Gasteiger partial charge is 0.191 e. The zero-order chi connectivity index (χ0) is 10.7. The van der Waals surface area contributed by atoms with E-state index in [1.165, 1.54) is 18.1 Å². The second-order valence-electron chi connectivity index (χ2n) is 3.29. The van der Waals surface area contributed by atoms with Crippen molar-refractivity contribution in [2.45, 2.75) is 29.6 Å². The minimum Gasteiger partial charge on any atom is -0.454 e. The predicted molar refractivity (Wildman–Crippen MR) is 63.8 cm³/mol. The number of aromatic amines is 1. The molecule has 1 atom stereocenters. The van der Waals surface area contributed by atoms with E-state index < -0.39 is 0 Å². The van der Waals surface area contributed by atoms with Crippen molar-refractivity contribution in [2.24, 2.45) is 5.73 Å². The van der Waals surface area contributed by atoms with Gasteiger partial charge in [-0.3, -0.25) is 5.10 Å². The van der Waals surface area contributed by atoms with Gasteiger partial charge in [0.15, 0.2) is 10.2 Å². The van der Waals surface area contributed by atoms with Gasteiger partial charge in [-0.2, -0.15) is 5.10 Å². The average Bonchev–Trinajstić information content (AvgIpc) is 2.77. The van der Waals surface area contributed by atoms with Crippen LogP contribution in [0.2, 0.25) is 0 Å². The molecule has 1 unspecified atom stereocenters. The van der Waals surface area contributed by atoms with Gasteiger partial charge in [0.05, 0.1) is 0 Å². The fraction of sp³-hybridized carbons (Fsp3) is 0.333. The van der Waals surface area contributed by atoms with Crippen LogP contribution < -0.4 is 5.73 Å². The van der Waals surface area contributed by atoms with Gasteiger partial charge < -0.3 is 10.2 Å². The summed E-state index contributed by atoms with van der Waals surface area (Å²) in [5.74, 6) is 0.895. The largest absolute Gasteiger partial charge is 0.454 e. The molecule has 7 heteroatoms. The summed E-state index contributed by atoms with van der Waals surface area (Å²) in [7, 11) is 0. The Labute approximate surface area is 104 Å². The molecule has 2 aromatic heterocycles. The van der Waals surface area contributed by atoms with Crippen molar-refractivity contribution < 1.29 is 4.42 Å². The first kappa shape index (κ1) is 13.1. The fourth-order valence-corrected chi connectivity index (χ4v) is 1.85. The zero-order valence-electron chi connectivity index (χ0n) is 8.71. The van der Waals surface area contributed by atoms with Crippen LogP contribution in [-0.2, 0) is 6.42 Å². The molecule has 0 fully saturated rings. The first-order valence-electron chi connectivity index (χ1n) is 4.61. The molecule has 0 amide bonds. The van der Waals surface area contributed by atoms with Crippen molar-refractivity contribution in [3.8, 4) is 0 Å². The molecule has 0 radical (unpaired) electrons. The van der Waals surface area contributed by atoms with Gasteiger partial charge in [0.25, 0.3) is 0 Å². The fourth-order valence-electron chi connectivity index (χ4n) is 1.18. The second kappa shape index (κ2) is 5.93. The summed E-state index contributed by atoms with van der Waals surface area (Å²) in [5, 5.41) is 8.02. The highest BCUT2D eigenvalue weighted by molar-refractivity contribution is 7.99. The number of hydrogen-bond acceptors (Lipinski definition) is 5. The van der Waals surface area contributed by atoms with Crippen LogP contribution >= 0.6 is 24.2 Å². The molecule has 16 heavy (non-hydrogen) atoms. The van der Waals surface area contributed by atoms with Crippen molar-refractivity contribution in [3.05, 3.63) is 24.2 Å². The Balaban J connectivity index is 0.00000128. The van der Waals surface area contributed by atoms with Gasteiger partial charge in [0, 0.05) is 12.5 Å². The number of rotatable bonds is 4. The van der Waals surface area contributed by atoms with Crippen LogP contribution in [0.5, 0.6) is 0 Å². The number of nitrogens with zero attached hydrogens (tertiary/aromatic N) is 2. The lowest BCUT2D eigenvalue weighted by molar-refractivity contribution is 0.421. The molecule has 2 aromatic rings. The van der Waals surface area contributed by atoms with Gasteiger partial charge in [-0.1, -0.05) is 0 Å². The van der Waals surface area contributed by atoms with Crippen LogP contribution in [0.15, 0.2) is 33.1 Å². The van der Waals surface area contributed by atoms with E-state index in [0.717, 1.165) is 22.4 Å². The summed E-state index contributed by atoms with van der Waals surface area (Å²) in [6.45, 7) is 1.95. The highest BCUT2D eigenvalue weighted by Gasteiger charge is 2.07. The van der Waals surface area contributed by atoms with Crippen molar-refractivity contribution >= 4 is 24.2 Å². The van der Waals surface area contributed by atoms with E-state index in [2.05, 4.69) is 15.2 Å². The topological polar surface area (TPSA) is 80.7 Å². The third-order valence-corrected chi connectivity index (χ3v) is 2.56. The van der Waals surface area contributed by atoms with Crippen LogP contribution in [0.1, 0.15) is 12.7 Å². The molecule has 2 heterocycles. The Morgan fingerprint density at radius 1 is 1.56 bits per heavy atom. The monoisotopic (exact) mass is 260 g/mol. The van der Waals surface area contributed by atoms with Gasteiger partial charge >= 0.3 is 0 Å². The number of hydrogen-bond donors (Lipinski definition) is 2. The average molecular weight is 261 g/mol. The van der Waals surface area contributed by atoms with Crippen LogP contribution in [0.4, 0.5) is 0 Å². The number of nitrogens with one attached hydrogen (secondary N) is 1. The Morgan fingerprint density at radius 3 is 3.00 bits per heavy atom. The molecule has 0 aliphatic rings. The molecule has 88 valence electrons. The van der Waals surface area contributed by atoms with Crippen LogP contribution in [0, 0.1) is 0 Å². The van der Waals surface area contributed by atoms with Crippen LogP contribution in [0.3, 0.4) is 0 Å². The molecule has 0 aliphatic carbocycles. The third-order valence-electron chi connectivity index (χ3n) is 1.75. The number of furan rings is 1. The predicted octanol–water partition coefficient (Wildman–Crippen LogP) is 1.86. The molecule has 2 rings (SSSR count). The maximum Gasteiger partial charge on any atom is 0.191 e. The summed E-state index contributed by atoms with van der Waals surface area (Å²) in [4.78, 5) is 3.99. The van der Waals surface area contributed by atoms with Gasteiger partial charge in [-0.25, -0.2) is 4.98 Å². The molecule has 5 nitrogen and oxygen atoms in total. The van der Waals surface area contributed by atoms with Crippen molar-refractivity contribution in [3.63, 3.8) is 0 Å². The van der Waals surface area contributed by atoms with Crippen molar-refractivity contribution in [2.75, 3.05) is 0 Å². The van der Waals surface area contributed by atoms with Gasteiger partial charge in [0.1, 0.15) is 12.1 Å². The Morgan fingerprint density at radius 2 is 2.38 bits per heavy atom. The number of aromatic nitrogens is 3. The highest BCUT2D eigenvalue weighted by atomic mass is 35.5. The molecule has 3 N–H and O–H groups in total. The van der Waals surface area contributed by atoms with Crippen LogP contribution in [0.25, 0.3) is 0 Å². The number of halogens is 1. The minimum atomic E-state index is 0. The van der Waals surface area contributed by atoms with E-state index >= 15 is 0 Å². The van der Waals surface area contributed by atoms with E-state index in [-0.39, 0.29) is 18.4 Å². The summed E-state index contributed by atoms with van der Waals surface area (Å²) >= 11 is 1.41. The molecule has 0 bridgehead atoms. The lowest BCUT2D eigenvalue weighted by Gasteiger charge is -1.99. The number of H-pyrrole nitrogens is 1. The third kappa shape index (κ3) is 3.55. The molecule has 0 saturated heterocycles. The first-order chi connectivity index (χ1) is 7.24. The van der Waals surface area contributed by atoms with Gasteiger partial charge in [0.2, 0.25) is 0 Å². The zero-order valence-corrected chi connectivity index (χ0v) is 10.3. The lowest BCUT2D eigenvalue weighted by atomic mass is 10.2. The van der Waals surface area contributed by atoms with Crippen molar-refractivity contribution in [1.82, 2.24) is 15.2 Å². The summed E-state index contributed by atoms with van der Waals surface area (Å²) in [6.07, 6.45) is 2.21. The van der Waals surface area contributed by atoms with E-state index in [9.17, 15) is 0 Å². The summed E-state index contributed by atoms with van der Waals surface area (Å²) in [6, 6.07) is 3.95. The molecule has 0 saturated carbocycles. The van der Waals surface area contributed by atoms with E-state index in [0.29, 0.717) is 0 Å². The standard InChI is InChI=1S/C9H12N4OS.ClH/c1-6(10)4-7-2-3-8(14-7)15-9-11-5-12-13-9;/h2-3,5-6H,4,10H2,1H3,(H,11,12,13);1H. The molecule has 0 aromatic carbocycles. The second-order valence-corrected chi connectivity index (χ2v) is 4.29. The van der Waals surface area contributed by atoms with E-state index in [4.69, 9.17) is 10.2 Å². The quantitative estimate of drug-likeness (QED) is 0.877. The maximum absolute atomic E-state index is 5.67. The lowest BCUT2D eigenvalue weighted by Crippen LogP contribution is -2.17. The summed E-state index contributed by atoms with van der Waals surface area (Å²) < 4.78 is 5.56. The molecular weight excluding hydrogens is 248 g/mol. The SMILES string of the molecule is CC(N)Cc1ccc(Sc2ncn[nH]2)o1.Cl. The first-order valence-corrected chi connectivity index (χ1v) is 5.43. The molecule has 0 spiro atoms. The highest BCUT2D eigenvalue weighted by Crippen LogP contribution is 2.26. The number of nitrogens with two attached hydrogens (primary N) is 1.